The molecule has 0 spiro atoms. The van der Waals surface area contributed by atoms with E-state index < -0.39 is 5.97 Å². The molecule has 1 unspecified atom stereocenters. The average Bonchev–Trinajstić information content (AvgIpc) is 3.30. The van der Waals surface area contributed by atoms with E-state index in [1.165, 1.54) is 0 Å². The van der Waals surface area contributed by atoms with Crippen LogP contribution in [0.1, 0.15) is 37.2 Å². The van der Waals surface area contributed by atoms with Crippen molar-refractivity contribution >= 4 is 17.6 Å². The van der Waals surface area contributed by atoms with Gasteiger partial charge in [0, 0.05) is 11.6 Å². The maximum absolute atomic E-state index is 12.1. The lowest BCUT2D eigenvalue weighted by Gasteiger charge is -2.17. The van der Waals surface area contributed by atoms with E-state index in [1.807, 2.05) is 24.3 Å². The van der Waals surface area contributed by atoms with Crippen LogP contribution in [0.2, 0.25) is 0 Å². The molecule has 4 heteroatoms. The van der Waals surface area contributed by atoms with Crippen LogP contribution in [0.15, 0.2) is 36.4 Å². The molecule has 0 saturated heterocycles. The first-order valence-electron chi connectivity index (χ1n) is 7.44. The SMILES string of the molecule is O=C(Nc1ccc([C@@H]2C[C@H]2C(=O)O)cc1)C1CC=CCC1. The third-order valence-corrected chi connectivity index (χ3v) is 4.35. The fourth-order valence-electron chi connectivity index (χ4n) is 2.93. The molecule has 3 atom stereocenters. The number of anilines is 1. The van der Waals surface area contributed by atoms with E-state index in [0.29, 0.717) is 0 Å². The number of rotatable bonds is 4. The zero-order valence-corrected chi connectivity index (χ0v) is 11.8. The first kappa shape index (κ1) is 13.9. The lowest BCUT2D eigenvalue weighted by atomic mass is 9.93. The van der Waals surface area contributed by atoms with Crippen molar-refractivity contribution in [2.45, 2.75) is 31.6 Å². The van der Waals surface area contributed by atoms with Gasteiger partial charge in [-0.2, -0.15) is 0 Å². The fourth-order valence-corrected chi connectivity index (χ4v) is 2.93. The van der Waals surface area contributed by atoms with Crippen LogP contribution in [0.5, 0.6) is 0 Å². The minimum atomic E-state index is -0.720. The molecule has 1 fully saturated rings. The molecule has 21 heavy (non-hydrogen) atoms. The van der Waals surface area contributed by atoms with E-state index in [9.17, 15) is 9.59 Å². The average molecular weight is 285 g/mol. The number of carbonyl (C=O) groups excluding carboxylic acids is 1. The highest BCUT2D eigenvalue weighted by Crippen LogP contribution is 2.47. The quantitative estimate of drug-likeness (QED) is 0.835. The smallest absolute Gasteiger partial charge is 0.307 e. The molecule has 0 aliphatic heterocycles. The topological polar surface area (TPSA) is 66.4 Å². The zero-order valence-electron chi connectivity index (χ0n) is 11.8. The van der Waals surface area contributed by atoms with E-state index in [4.69, 9.17) is 5.11 Å². The minimum absolute atomic E-state index is 0.0644. The summed E-state index contributed by atoms with van der Waals surface area (Å²) in [7, 11) is 0. The molecular weight excluding hydrogens is 266 g/mol. The monoisotopic (exact) mass is 285 g/mol. The van der Waals surface area contributed by atoms with Gasteiger partial charge in [-0.3, -0.25) is 9.59 Å². The van der Waals surface area contributed by atoms with Gasteiger partial charge in [0.2, 0.25) is 5.91 Å². The number of benzene rings is 1. The van der Waals surface area contributed by atoms with Crippen LogP contribution in [0.3, 0.4) is 0 Å². The lowest BCUT2D eigenvalue weighted by molar-refractivity contribution is -0.138. The number of allylic oxidation sites excluding steroid dienone is 2. The predicted molar refractivity (Wildman–Crippen MR) is 80.0 cm³/mol. The molecule has 1 amide bonds. The van der Waals surface area contributed by atoms with Gasteiger partial charge >= 0.3 is 5.97 Å². The van der Waals surface area contributed by atoms with Gasteiger partial charge < -0.3 is 10.4 Å². The van der Waals surface area contributed by atoms with Gasteiger partial charge in [0.1, 0.15) is 0 Å². The van der Waals surface area contributed by atoms with Crippen LogP contribution >= 0.6 is 0 Å². The maximum atomic E-state index is 12.1. The largest absolute Gasteiger partial charge is 0.481 e. The highest BCUT2D eigenvalue weighted by molar-refractivity contribution is 5.92. The van der Waals surface area contributed by atoms with Crippen molar-refractivity contribution in [2.24, 2.45) is 11.8 Å². The van der Waals surface area contributed by atoms with Crippen LogP contribution in [-0.4, -0.2) is 17.0 Å². The second-order valence-electron chi connectivity index (χ2n) is 5.88. The van der Waals surface area contributed by atoms with Crippen LogP contribution < -0.4 is 5.32 Å². The Kier molecular flexibility index (Phi) is 3.78. The van der Waals surface area contributed by atoms with Gasteiger partial charge in [0.05, 0.1) is 5.92 Å². The molecule has 1 aromatic carbocycles. The van der Waals surface area contributed by atoms with Crippen molar-refractivity contribution in [2.75, 3.05) is 5.32 Å². The lowest BCUT2D eigenvalue weighted by Crippen LogP contribution is -2.23. The van der Waals surface area contributed by atoms with Crippen LogP contribution in [0.4, 0.5) is 5.69 Å². The zero-order chi connectivity index (χ0) is 14.8. The Morgan fingerprint density at radius 3 is 2.48 bits per heavy atom. The summed E-state index contributed by atoms with van der Waals surface area (Å²) in [6.45, 7) is 0. The number of amides is 1. The Morgan fingerprint density at radius 1 is 1.14 bits per heavy atom. The second kappa shape index (κ2) is 5.72. The van der Waals surface area contributed by atoms with Gasteiger partial charge in [-0.05, 0) is 49.3 Å². The van der Waals surface area contributed by atoms with Gasteiger partial charge in [-0.1, -0.05) is 24.3 Å². The highest BCUT2D eigenvalue weighted by Gasteiger charge is 2.44. The molecule has 3 rings (SSSR count). The Bertz CT molecular complexity index is 576. The van der Waals surface area contributed by atoms with Crippen molar-refractivity contribution in [1.29, 1.82) is 0 Å². The van der Waals surface area contributed by atoms with Crippen LogP contribution in [0.25, 0.3) is 0 Å². The molecule has 0 heterocycles. The van der Waals surface area contributed by atoms with Crippen LogP contribution in [0, 0.1) is 11.8 Å². The Morgan fingerprint density at radius 2 is 1.90 bits per heavy atom. The van der Waals surface area contributed by atoms with Crippen molar-refractivity contribution in [3.8, 4) is 0 Å². The number of hydrogen-bond acceptors (Lipinski definition) is 2. The molecular formula is C17H19NO3. The molecule has 110 valence electrons. The molecule has 1 aromatic rings. The predicted octanol–water partition coefficient (Wildman–Crippen LogP) is 3.17. The van der Waals surface area contributed by atoms with Crippen molar-refractivity contribution in [3.63, 3.8) is 0 Å². The molecule has 0 aromatic heterocycles. The summed E-state index contributed by atoms with van der Waals surface area (Å²) >= 11 is 0. The number of carboxylic acid groups (broad SMARTS) is 1. The summed E-state index contributed by atoms with van der Waals surface area (Å²) < 4.78 is 0. The number of hydrogen-bond donors (Lipinski definition) is 2. The maximum Gasteiger partial charge on any atom is 0.307 e. The summed E-state index contributed by atoms with van der Waals surface area (Å²) in [5.74, 6) is -0.686. The van der Waals surface area contributed by atoms with Crippen LogP contribution in [-0.2, 0) is 9.59 Å². The van der Waals surface area contributed by atoms with E-state index in [2.05, 4.69) is 17.5 Å². The summed E-state index contributed by atoms with van der Waals surface area (Å²) in [5, 5.41) is 11.9. The first-order chi connectivity index (χ1) is 10.1. The number of aliphatic carboxylic acids is 1. The molecule has 2 aliphatic carbocycles. The third-order valence-electron chi connectivity index (χ3n) is 4.35. The Hall–Kier alpha value is -2.10. The molecule has 0 bridgehead atoms. The van der Waals surface area contributed by atoms with Gasteiger partial charge in [-0.15, -0.1) is 0 Å². The second-order valence-corrected chi connectivity index (χ2v) is 5.88. The van der Waals surface area contributed by atoms with Gasteiger partial charge in [0.25, 0.3) is 0 Å². The Labute approximate surface area is 123 Å². The number of nitrogens with one attached hydrogen (secondary N) is 1. The van der Waals surface area contributed by atoms with Crippen molar-refractivity contribution in [3.05, 3.63) is 42.0 Å². The molecule has 4 nitrogen and oxygen atoms in total. The van der Waals surface area contributed by atoms with Gasteiger partial charge in [-0.25, -0.2) is 0 Å². The molecule has 2 aliphatic rings. The standard InChI is InChI=1S/C17H19NO3/c19-16(12-4-2-1-3-5-12)18-13-8-6-11(7-9-13)14-10-15(14)17(20)21/h1-2,6-9,12,14-15H,3-5,10H2,(H,18,19)(H,20,21)/t12?,14-,15+/m0/s1. The minimum Gasteiger partial charge on any atom is -0.481 e. The normalized spacial score (nSPS) is 27.1. The summed E-state index contributed by atoms with van der Waals surface area (Å²) in [4.78, 5) is 23.0. The first-order valence-corrected chi connectivity index (χ1v) is 7.44. The summed E-state index contributed by atoms with van der Waals surface area (Å²) in [6, 6.07) is 7.57. The van der Waals surface area contributed by atoms with E-state index in [0.717, 1.165) is 36.9 Å². The molecule has 0 radical (unpaired) electrons. The fraction of sp³-hybridized carbons (Fsp3) is 0.412. The van der Waals surface area contributed by atoms with E-state index in [1.54, 1.807) is 0 Å². The van der Waals surface area contributed by atoms with E-state index in [-0.39, 0.29) is 23.7 Å². The summed E-state index contributed by atoms with van der Waals surface area (Å²) in [6.07, 6.45) is 7.59. The molecule has 1 saturated carbocycles. The summed E-state index contributed by atoms with van der Waals surface area (Å²) in [5.41, 5.74) is 1.83. The third kappa shape index (κ3) is 3.15. The van der Waals surface area contributed by atoms with Crippen molar-refractivity contribution in [1.82, 2.24) is 0 Å². The number of carbonyl (C=O) groups is 2. The van der Waals surface area contributed by atoms with E-state index >= 15 is 0 Å². The number of carboxylic acids is 1. The van der Waals surface area contributed by atoms with Gasteiger partial charge in [0.15, 0.2) is 0 Å². The van der Waals surface area contributed by atoms with Crippen molar-refractivity contribution < 1.29 is 14.7 Å². The highest BCUT2D eigenvalue weighted by atomic mass is 16.4. The molecule has 2 N–H and O–H groups in total. The Balaban J connectivity index is 1.58.